The number of fused-ring (bicyclic) bond motifs is 1. The van der Waals surface area contributed by atoms with E-state index in [0.717, 1.165) is 42.4 Å². The molecule has 0 saturated carbocycles. The normalized spacial score (nSPS) is 23.6. The average molecular weight is 350 g/mol. The molecule has 5 nitrogen and oxygen atoms in total. The van der Waals surface area contributed by atoms with E-state index in [1.807, 2.05) is 18.7 Å². The molecule has 1 amide bonds. The van der Waals surface area contributed by atoms with E-state index in [1.54, 1.807) is 22.4 Å². The fourth-order valence-electron chi connectivity index (χ4n) is 3.69. The van der Waals surface area contributed by atoms with Gasteiger partial charge >= 0.3 is 0 Å². The molecular formula is C18H27N3O2S. The smallest absolute Gasteiger partial charge is 0.254 e. The van der Waals surface area contributed by atoms with E-state index in [0.29, 0.717) is 12.5 Å². The van der Waals surface area contributed by atoms with Gasteiger partial charge in [-0.25, -0.2) is 4.98 Å². The molecule has 1 fully saturated rings. The van der Waals surface area contributed by atoms with Crippen LogP contribution in [0.4, 0.5) is 0 Å². The highest BCUT2D eigenvalue weighted by Gasteiger charge is 2.32. The molecule has 1 saturated heterocycles. The van der Waals surface area contributed by atoms with Gasteiger partial charge in [0.1, 0.15) is 0 Å². The van der Waals surface area contributed by atoms with Crippen LogP contribution in [0.25, 0.3) is 0 Å². The summed E-state index contributed by atoms with van der Waals surface area (Å²) in [6, 6.07) is 1.95. The van der Waals surface area contributed by atoms with Gasteiger partial charge in [-0.05, 0) is 31.6 Å². The zero-order valence-corrected chi connectivity index (χ0v) is 15.6. The fourth-order valence-corrected chi connectivity index (χ4v) is 4.84. The Bertz CT molecular complexity index is 671. The predicted molar refractivity (Wildman–Crippen MR) is 96.6 cm³/mol. The number of hydrogen-bond donors (Lipinski definition) is 0. The SMILES string of the molecule is CCC1CCCCN1C(=O)CC1CSc2nc(C(C)C)cc(=O)n21. The maximum absolute atomic E-state index is 12.8. The van der Waals surface area contributed by atoms with Gasteiger partial charge in [0.15, 0.2) is 5.16 Å². The van der Waals surface area contributed by atoms with Crippen molar-refractivity contribution in [3.8, 4) is 0 Å². The van der Waals surface area contributed by atoms with Gasteiger partial charge in [-0.3, -0.25) is 14.2 Å². The van der Waals surface area contributed by atoms with Crippen LogP contribution in [0.2, 0.25) is 0 Å². The minimum absolute atomic E-state index is 0.0165. The molecule has 0 N–H and O–H groups in total. The van der Waals surface area contributed by atoms with Crippen LogP contribution in [0.1, 0.15) is 70.5 Å². The van der Waals surface area contributed by atoms with Gasteiger partial charge in [0, 0.05) is 30.8 Å². The molecule has 3 rings (SSSR count). The van der Waals surface area contributed by atoms with Crippen LogP contribution >= 0.6 is 11.8 Å². The number of thioether (sulfide) groups is 1. The van der Waals surface area contributed by atoms with Gasteiger partial charge in [-0.2, -0.15) is 0 Å². The van der Waals surface area contributed by atoms with Crippen molar-refractivity contribution in [2.24, 2.45) is 0 Å². The highest BCUT2D eigenvalue weighted by molar-refractivity contribution is 7.99. The first-order chi connectivity index (χ1) is 11.5. The molecule has 0 spiro atoms. The molecule has 0 radical (unpaired) electrons. The number of carbonyl (C=O) groups excluding carboxylic acids is 1. The van der Waals surface area contributed by atoms with E-state index in [2.05, 4.69) is 11.9 Å². The zero-order chi connectivity index (χ0) is 17.3. The highest BCUT2D eigenvalue weighted by atomic mass is 32.2. The molecule has 132 valence electrons. The number of hydrogen-bond acceptors (Lipinski definition) is 4. The monoisotopic (exact) mass is 349 g/mol. The Morgan fingerprint density at radius 3 is 2.88 bits per heavy atom. The Morgan fingerprint density at radius 2 is 2.17 bits per heavy atom. The van der Waals surface area contributed by atoms with Crippen molar-refractivity contribution in [2.75, 3.05) is 12.3 Å². The van der Waals surface area contributed by atoms with Gasteiger partial charge in [-0.1, -0.05) is 32.5 Å². The second-order valence-electron chi connectivity index (χ2n) is 7.14. The molecule has 1 aromatic rings. The van der Waals surface area contributed by atoms with Gasteiger partial charge in [0.2, 0.25) is 5.91 Å². The van der Waals surface area contributed by atoms with Crippen LogP contribution in [0.5, 0.6) is 0 Å². The van der Waals surface area contributed by atoms with Crippen LogP contribution in [0, 0.1) is 0 Å². The largest absolute Gasteiger partial charge is 0.340 e. The Morgan fingerprint density at radius 1 is 1.38 bits per heavy atom. The van der Waals surface area contributed by atoms with Crippen molar-refractivity contribution >= 4 is 17.7 Å². The average Bonchev–Trinajstić information content (AvgIpc) is 2.98. The number of likely N-dealkylation sites (tertiary alicyclic amines) is 1. The number of nitrogens with zero attached hydrogens (tertiary/aromatic N) is 3. The summed E-state index contributed by atoms with van der Waals surface area (Å²) in [5.41, 5.74) is 0.824. The van der Waals surface area contributed by atoms with E-state index in [9.17, 15) is 9.59 Å². The van der Waals surface area contributed by atoms with Crippen LogP contribution < -0.4 is 5.56 Å². The van der Waals surface area contributed by atoms with E-state index < -0.39 is 0 Å². The first kappa shape index (κ1) is 17.5. The summed E-state index contributed by atoms with van der Waals surface area (Å²) in [5, 5.41) is 0.773. The molecule has 3 heterocycles. The predicted octanol–water partition coefficient (Wildman–Crippen LogP) is 3.19. The summed E-state index contributed by atoms with van der Waals surface area (Å²) in [7, 11) is 0. The lowest BCUT2D eigenvalue weighted by molar-refractivity contribution is -0.135. The Hall–Kier alpha value is -1.30. The Balaban J connectivity index is 1.77. The quantitative estimate of drug-likeness (QED) is 0.783. The molecular weight excluding hydrogens is 322 g/mol. The molecule has 2 aliphatic heterocycles. The van der Waals surface area contributed by atoms with Gasteiger partial charge < -0.3 is 4.90 Å². The first-order valence-corrected chi connectivity index (χ1v) is 10.1. The molecule has 2 aliphatic rings. The third-order valence-corrected chi connectivity index (χ3v) is 6.23. The van der Waals surface area contributed by atoms with Gasteiger partial charge in [-0.15, -0.1) is 0 Å². The van der Waals surface area contributed by atoms with Crippen molar-refractivity contribution in [3.63, 3.8) is 0 Å². The van der Waals surface area contributed by atoms with Crippen molar-refractivity contribution in [3.05, 3.63) is 22.1 Å². The maximum atomic E-state index is 12.8. The molecule has 0 bridgehead atoms. The second-order valence-corrected chi connectivity index (χ2v) is 8.13. The maximum Gasteiger partial charge on any atom is 0.254 e. The summed E-state index contributed by atoms with van der Waals surface area (Å²) in [4.78, 5) is 32.0. The molecule has 6 heteroatoms. The van der Waals surface area contributed by atoms with E-state index in [4.69, 9.17) is 0 Å². The summed E-state index contributed by atoms with van der Waals surface area (Å²) >= 11 is 1.60. The third-order valence-electron chi connectivity index (χ3n) is 5.13. The van der Waals surface area contributed by atoms with Crippen molar-refractivity contribution < 1.29 is 4.79 Å². The molecule has 2 atom stereocenters. The lowest BCUT2D eigenvalue weighted by Gasteiger charge is -2.36. The summed E-state index contributed by atoms with van der Waals surface area (Å²) in [6.45, 7) is 7.10. The highest BCUT2D eigenvalue weighted by Crippen LogP contribution is 2.33. The number of piperidine rings is 1. The van der Waals surface area contributed by atoms with Crippen LogP contribution in [-0.4, -0.2) is 38.7 Å². The molecule has 0 aliphatic carbocycles. The summed E-state index contributed by atoms with van der Waals surface area (Å²) in [5.74, 6) is 1.20. The van der Waals surface area contributed by atoms with Crippen molar-refractivity contribution in [1.29, 1.82) is 0 Å². The molecule has 1 aromatic heterocycles. The van der Waals surface area contributed by atoms with E-state index in [-0.39, 0.29) is 23.4 Å². The van der Waals surface area contributed by atoms with E-state index >= 15 is 0 Å². The number of carbonyl (C=O) groups is 1. The number of rotatable bonds is 4. The number of amides is 1. The van der Waals surface area contributed by atoms with Crippen LogP contribution in [-0.2, 0) is 4.79 Å². The Kier molecular flexibility index (Phi) is 5.33. The zero-order valence-electron chi connectivity index (χ0n) is 14.8. The van der Waals surface area contributed by atoms with Gasteiger partial charge in [0.05, 0.1) is 11.7 Å². The number of aromatic nitrogens is 2. The van der Waals surface area contributed by atoms with Crippen LogP contribution in [0.3, 0.4) is 0 Å². The fraction of sp³-hybridized carbons (Fsp3) is 0.722. The third kappa shape index (κ3) is 3.39. The standard InChI is InChI=1S/C18H27N3O2S/c1-4-13-7-5-6-8-20(13)16(22)9-14-11-24-18-19-15(12(2)3)10-17(23)21(14)18/h10,12-14H,4-9,11H2,1-3H3. The lowest BCUT2D eigenvalue weighted by atomic mass is 9.99. The second kappa shape index (κ2) is 7.30. The summed E-state index contributed by atoms with van der Waals surface area (Å²) < 4.78 is 1.74. The summed E-state index contributed by atoms with van der Waals surface area (Å²) in [6.07, 6.45) is 4.85. The molecule has 24 heavy (non-hydrogen) atoms. The van der Waals surface area contributed by atoms with Crippen molar-refractivity contribution in [2.45, 2.75) is 76.0 Å². The minimum atomic E-state index is -0.0573. The lowest BCUT2D eigenvalue weighted by Crippen LogP contribution is -2.44. The minimum Gasteiger partial charge on any atom is -0.340 e. The van der Waals surface area contributed by atoms with Gasteiger partial charge in [0.25, 0.3) is 5.56 Å². The topological polar surface area (TPSA) is 55.2 Å². The van der Waals surface area contributed by atoms with Crippen molar-refractivity contribution in [1.82, 2.24) is 14.5 Å². The first-order valence-electron chi connectivity index (χ1n) is 9.07. The van der Waals surface area contributed by atoms with E-state index in [1.165, 1.54) is 6.42 Å². The molecule has 2 unspecified atom stereocenters. The van der Waals surface area contributed by atoms with Crippen LogP contribution in [0.15, 0.2) is 16.0 Å². The Labute approximate surface area is 147 Å². The molecule has 0 aromatic carbocycles.